The normalized spacial score (nSPS) is 23.2. The molecule has 84 valence electrons. The van der Waals surface area contributed by atoms with E-state index in [2.05, 4.69) is 17.3 Å². The summed E-state index contributed by atoms with van der Waals surface area (Å²) in [7, 11) is 0. The van der Waals surface area contributed by atoms with E-state index in [4.69, 9.17) is 10.5 Å². The molecule has 0 aromatic carbocycles. The minimum absolute atomic E-state index is 0.250. The van der Waals surface area contributed by atoms with Crippen LogP contribution in [-0.4, -0.2) is 24.2 Å². The van der Waals surface area contributed by atoms with E-state index in [1.54, 1.807) is 11.3 Å². The van der Waals surface area contributed by atoms with Gasteiger partial charge >= 0.3 is 0 Å². The molecule has 0 spiro atoms. The summed E-state index contributed by atoms with van der Waals surface area (Å²) in [6.45, 7) is 3.84. The Balaban J connectivity index is 1.97. The molecule has 2 heterocycles. The Labute approximate surface area is 94.7 Å². The van der Waals surface area contributed by atoms with E-state index in [0.29, 0.717) is 5.92 Å². The number of thiazole rings is 1. The molecule has 3 nitrogen and oxygen atoms in total. The van der Waals surface area contributed by atoms with Gasteiger partial charge in [-0.2, -0.15) is 0 Å². The highest BCUT2D eigenvalue weighted by Crippen LogP contribution is 2.28. The minimum Gasteiger partial charge on any atom is -0.381 e. The lowest BCUT2D eigenvalue weighted by Gasteiger charge is -2.05. The van der Waals surface area contributed by atoms with Crippen molar-refractivity contribution in [2.45, 2.75) is 38.1 Å². The summed E-state index contributed by atoms with van der Waals surface area (Å²) in [6.07, 6.45) is 3.03. The molecule has 2 N–H and O–H groups in total. The minimum atomic E-state index is 0.250. The van der Waals surface area contributed by atoms with Gasteiger partial charge in [-0.15, -0.1) is 11.3 Å². The quantitative estimate of drug-likeness (QED) is 0.853. The van der Waals surface area contributed by atoms with Gasteiger partial charge in [0, 0.05) is 30.4 Å². The maximum atomic E-state index is 5.91. The predicted molar refractivity (Wildman–Crippen MR) is 62.3 cm³/mol. The van der Waals surface area contributed by atoms with Crippen LogP contribution in [0.1, 0.15) is 36.4 Å². The van der Waals surface area contributed by atoms with Crippen molar-refractivity contribution in [1.82, 2.24) is 4.98 Å². The van der Waals surface area contributed by atoms with E-state index in [9.17, 15) is 0 Å². The second-order valence-electron chi connectivity index (χ2n) is 4.11. The maximum absolute atomic E-state index is 5.91. The SMILES string of the molecule is CCC(N)Cc1csc(C2CCOC2)n1. The molecule has 1 fully saturated rings. The van der Waals surface area contributed by atoms with Gasteiger partial charge in [-0.25, -0.2) is 4.98 Å². The van der Waals surface area contributed by atoms with Crippen LogP contribution < -0.4 is 5.73 Å². The first-order valence-electron chi connectivity index (χ1n) is 5.57. The topological polar surface area (TPSA) is 48.1 Å². The van der Waals surface area contributed by atoms with Gasteiger partial charge in [-0.3, -0.25) is 0 Å². The van der Waals surface area contributed by atoms with E-state index in [0.717, 1.165) is 38.2 Å². The zero-order valence-electron chi connectivity index (χ0n) is 9.11. The Kier molecular flexibility index (Phi) is 3.72. The summed E-state index contributed by atoms with van der Waals surface area (Å²) in [5.74, 6) is 0.529. The molecular weight excluding hydrogens is 208 g/mol. The molecule has 4 heteroatoms. The molecule has 0 radical (unpaired) electrons. The molecule has 0 amide bonds. The fourth-order valence-corrected chi connectivity index (χ4v) is 2.70. The average Bonchev–Trinajstić information content (AvgIpc) is 2.85. The first-order valence-corrected chi connectivity index (χ1v) is 6.45. The third-order valence-electron chi connectivity index (χ3n) is 2.84. The van der Waals surface area contributed by atoms with E-state index < -0.39 is 0 Å². The van der Waals surface area contributed by atoms with Crippen LogP contribution in [0.3, 0.4) is 0 Å². The van der Waals surface area contributed by atoms with Gasteiger partial charge in [0.15, 0.2) is 0 Å². The Morgan fingerprint density at radius 1 is 1.73 bits per heavy atom. The Bertz CT molecular complexity index is 307. The standard InChI is InChI=1S/C11H18N2OS/c1-2-9(12)5-10-7-15-11(13-10)8-3-4-14-6-8/h7-9H,2-6,12H2,1H3. The summed E-state index contributed by atoms with van der Waals surface area (Å²) in [4.78, 5) is 4.64. The molecule has 1 aromatic rings. The summed E-state index contributed by atoms with van der Waals surface area (Å²) in [6, 6.07) is 0.250. The molecule has 1 saturated heterocycles. The molecule has 2 atom stereocenters. The monoisotopic (exact) mass is 226 g/mol. The lowest BCUT2D eigenvalue weighted by Crippen LogP contribution is -2.21. The lowest BCUT2D eigenvalue weighted by atomic mass is 10.1. The Hall–Kier alpha value is -0.450. The number of hydrogen-bond acceptors (Lipinski definition) is 4. The highest BCUT2D eigenvalue weighted by atomic mass is 32.1. The number of nitrogens with zero attached hydrogens (tertiary/aromatic N) is 1. The summed E-state index contributed by atoms with van der Waals surface area (Å²) in [5, 5.41) is 3.37. The average molecular weight is 226 g/mol. The number of rotatable bonds is 4. The van der Waals surface area contributed by atoms with E-state index >= 15 is 0 Å². The van der Waals surface area contributed by atoms with Crippen molar-refractivity contribution >= 4 is 11.3 Å². The van der Waals surface area contributed by atoms with Crippen molar-refractivity contribution in [2.75, 3.05) is 13.2 Å². The molecule has 15 heavy (non-hydrogen) atoms. The van der Waals surface area contributed by atoms with Crippen molar-refractivity contribution in [3.05, 3.63) is 16.1 Å². The van der Waals surface area contributed by atoms with Crippen LogP contribution in [0.5, 0.6) is 0 Å². The van der Waals surface area contributed by atoms with Gasteiger partial charge in [0.25, 0.3) is 0 Å². The van der Waals surface area contributed by atoms with Gasteiger partial charge in [0.2, 0.25) is 0 Å². The summed E-state index contributed by atoms with van der Waals surface area (Å²) in [5.41, 5.74) is 7.06. The smallest absolute Gasteiger partial charge is 0.0983 e. The molecule has 1 aliphatic rings. The largest absolute Gasteiger partial charge is 0.381 e. The summed E-state index contributed by atoms with van der Waals surface area (Å²) >= 11 is 1.75. The number of hydrogen-bond donors (Lipinski definition) is 1. The first-order chi connectivity index (χ1) is 7.29. The van der Waals surface area contributed by atoms with Crippen molar-refractivity contribution in [2.24, 2.45) is 5.73 Å². The fraction of sp³-hybridized carbons (Fsp3) is 0.727. The zero-order chi connectivity index (χ0) is 10.7. The van der Waals surface area contributed by atoms with Crippen molar-refractivity contribution in [3.63, 3.8) is 0 Å². The Morgan fingerprint density at radius 3 is 3.27 bits per heavy atom. The van der Waals surface area contributed by atoms with Gasteiger partial charge in [0.05, 0.1) is 17.3 Å². The van der Waals surface area contributed by atoms with Crippen LogP contribution in [0.4, 0.5) is 0 Å². The van der Waals surface area contributed by atoms with Crippen LogP contribution >= 0.6 is 11.3 Å². The van der Waals surface area contributed by atoms with Gasteiger partial charge in [0.1, 0.15) is 0 Å². The van der Waals surface area contributed by atoms with Crippen LogP contribution in [0.15, 0.2) is 5.38 Å². The van der Waals surface area contributed by atoms with Crippen molar-refractivity contribution in [3.8, 4) is 0 Å². The van der Waals surface area contributed by atoms with Crippen LogP contribution in [0.25, 0.3) is 0 Å². The van der Waals surface area contributed by atoms with Gasteiger partial charge < -0.3 is 10.5 Å². The number of ether oxygens (including phenoxy) is 1. The molecule has 2 rings (SSSR count). The van der Waals surface area contributed by atoms with E-state index in [1.807, 2.05) is 0 Å². The second kappa shape index (κ2) is 5.05. The molecule has 0 aliphatic carbocycles. The molecule has 2 unspecified atom stereocenters. The van der Waals surface area contributed by atoms with E-state index in [-0.39, 0.29) is 6.04 Å². The highest BCUT2D eigenvalue weighted by molar-refractivity contribution is 7.09. The maximum Gasteiger partial charge on any atom is 0.0983 e. The fourth-order valence-electron chi connectivity index (χ4n) is 1.75. The van der Waals surface area contributed by atoms with Crippen LogP contribution in [0, 0.1) is 0 Å². The van der Waals surface area contributed by atoms with E-state index in [1.165, 1.54) is 5.01 Å². The third kappa shape index (κ3) is 2.77. The van der Waals surface area contributed by atoms with Crippen LogP contribution in [0.2, 0.25) is 0 Å². The molecular formula is C11H18N2OS. The van der Waals surface area contributed by atoms with Gasteiger partial charge in [-0.1, -0.05) is 6.92 Å². The molecule has 1 aliphatic heterocycles. The lowest BCUT2D eigenvalue weighted by molar-refractivity contribution is 0.194. The molecule has 0 saturated carbocycles. The van der Waals surface area contributed by atoms with Crippen molar-refractivity contribution in [1.29, 1.82) is 0 Å². The molecule has 1 aromatic heterocycles. The summed E-state index contributed by atoms with van der Waals surface area (Å²) < 4.78 is 5.36. The number of aromatic nitrogens is 1. The zero-order valence-corrected chi connectivity index (χ0v) is 9.93. The Morgan fingerprint density at radius 2 is 2.60 bits per heavy atom. The number of nitrogens with two attached hydrogens (primary N) is 1. The third-order valence-corrected chi connectivity index (χ3v) is 3.90. The predicted octanol–water partition coefficient (Wildman–Crippen LogP) is 1.93. The second-order valence-corrected chi connectivity index (χ2v) is 5.00. The highest BCUT2D eigenvalue weighted by Gasteiger charge is 2.21. The van der Waals surface area contributed by atoms with Gasteiger partial charge in [-0.05, 0) is 12.8 Å². The van der Waals surface area contributed by atoms with Crippen molar-refractivity contribution < 1.29 is 4.74 Å². The molecule has 0 bridgehead atoms. The van der Waals surface area contributed by atoms with Crippen LogP contribution in [-0.2, 0) is 11.2 Å². The first kappa shape index (κ1) is 11.0.